The maximum absolute atomic E-state index is 12.4. The molecule has 0 fully saturated rings. The molecule has 3 nitrogen and oxygen atoms in total. The van der Waals surface area contributed by atoms with Crippen molar-refractivity contribution in [1.29, 1.82) is 0 Å². The SMILES string of the molecule is CC(C)Oc1ccccc1C[S@@](=O)Cc1csc(C(C)C)n1. The van der Waals surface area contributed by atoms with E-state index in [-0.39, 0.29) is 6.10 Å². The highest BCUT2D eigenvalue weighted by atomic mass is 32.2. The average molecular weight is 338 g/mol. The highest BCUT2D eigenvalue weighted by Crippen LogP contribution is 2.23. The summed E-state index contributed by atoms with van der Waals surface area (Å²) >= 11 is 1.65. The highest BCUT2D eigenvalue weighted by molar-refractivity contribution is 7.83. The summed E-state index contributed by atoms with van der Waals surface area (Å²) in [5.41, 5.74) is 1.92. The van der Waals surface area contributed by atoms with Crippen LogP contribution in [0.25, 0.3) is 0 Å². The van der Waals surface area contributed by atoms with Gasteiger partial charge in [0.1, 0.15) is 5.75 Å². The molecule has 0 saturated heterocycles. The molecular formula is C17H23NO2S2. The van der Waals surface area contributed by atoms with Gasteiger partial charge in [0.2, 0.25) is 0 Å². The Balaban J connectivity index is 2.02. The van der Waals surface area contributed by atoms with E-state index in [2.05, 4.69) is 18.8 Å². The molecule has 0 amide bonds. The fourth-order valence-electron chi connectivity index (χ4n) is 2.04. The molecule has 0 aliphatic heterocycles. The second-order valence-electron chi connectivity index (χ2n) is 5.83. The summed E-state index contributed by atoms with van der Waals surface area (Å²) in [6, 6.07) is 7.82. The number of para-hydroxylation sites is 1. The van der Waals surface area contributed by atoms with Crippen molar-refractivity contribution in [2.75, 3.05) is 0 Å². The third-order valence-corrected chi connectivity index (χ3v) is 5.47. The van der Waals surface area contributed by atoms with E-state index in [1.807, 2.05) is 43.5 Å². The lowest BCUT2D eigenvalue weighted by molar-refractivity contribution is 0.240. The van der Waals surface area contributed by atoms with Crippen LogP contribution in [0.5, 0.6) is 5.75 Å². The summed E-state index contributed by atoms with van der Waals surface area (Å²) in [7, 11) is -0.983. The molecule has 120 valence electrons. The number of aromatic nitrogens is 1. The summed E-state index contributed by atoms with van der Waals surface area (Å²) in [6.45, 7) is 8.24. The Hall–Kier alpha value is -1.20. The van der Waals surface area contributed by atoms with Gasteiger partial charge < -0.3 is 4.74 Å². The van der Waals surface area contributed by atoms with Crippen LogP contribution in [0.4, 0.5) is 0 Å². The normalized spacial score (nSPS) is 12.8. The van der Waals surface area contributed by atoms with Crippen molar-refractivity contribution in [2.45, 2.75) is 51.2 Å². The van der Waals surface area contributed by atoms with E-state index in [1.165, 1.54) is 0 Å². The highest BCUT2D eigenvalue weighted by Gasteiger charge is 2.12. The second kappa shape index (κ2) is 7.88. The molecule has 0 bridgehead atoms. The Morgan fingerprint density at radius 3 is 2.55 bits per heavy atom. The predicted octanol–water partition coefficient (Wildman–Crippen LogP) is 4.50. The van der Waals surface area contributed by atoms with Crippen molar-refractivity contribution in [3.05, 3.63) is 45.9 Å². The molecule has 0 aliphatic rings. The molecule has 2 aromatic rings. The second-order valence-corrected chi connectivity index (χ2v) is 8.18. The van der Waals surface area contributed by atoms with Crippen LogP contribution in [0.15, 0.2) is 29.6 Å². The Morgan fingerprint density at radius 1 is 1.18 bits per heavy atom. The van der Waals surface area contributed by atoms with Crippen molar-refractivity contribution in [2.24, 2.45) is 0 Å². The lowest BCUT2D eigenvalue weighted by Crippen LogP contribution is -2.09. The molecule has 5 heteroatoms. The van der Waals surface area contributed by atoms with Crippen LogP contribution in [0.2, 0.25) is 0 Å². The fraction of sp³-hybridized carbons (Fsp3) is 0.471. The minimum atomic E-state index is -0.983. The minimum absolute atomic E-state index is 0.113. The third-order valence-electron chi connectivity index (χ3n) is 3.02. The van der Waals surface area contributed by atoms with Crippen LogP contribution in [0, 0.1) is 0 Å². The molecule has 1 atom stereocenters. The van der Waals surface area contributed by atoms with Gasteiger partial charge in [0, 0.05) is 27.7 Å². The first-order valence-corrected chi connectivity index (χ1v) is 9.86. The van der Waals surface area contributed by atoms with Gasteiger partial charge in [0.25, 0.3) is 0 Å². The van der Waals surface area contributed by atoms with Gasteiger partial charge >= 0.3 is 0 Å². The number of benzene rings is 1. The number of rotatable bonds is 7. The van der Waals surface area contributed by atoms with Crippen LogP contribution in [-0.4, -0.2) is 15.3 Å². The number of thiazole rings is 1. The number of hydrogen-bond donors (Lipinski definition) is 0. The third kappa shape index (κ3) is 4.92. The van der Waals surface area contributed by atoms with E-state index in [9.17, 15) is 4.21 Å². The Morgan fingerprint density at radius 2 is 1.91 bits per heavy atom. The van der Waals surface area contributed by atoms with Crippen LogP contribution in [0.1, 0.15) is 49.9 Å². The molecule has 1 aromatic carbocycles. The molecule has 0 unspecified atom stereocenters. The molecule has 1 aromatic heterocycles. The maximum Gasteiger partial charge on any atom is 0.123 e. The first-order chi connectivity index (χ1) is 10.5. The summed E-state index contributed by atoms with van der Waals surface area (Å²) in [5, 5.41) is 3.12. The molecule has 0 radical (unpaired) electrons. The van der Waals surface area contributed by atoms with Crippen molar-refractivity contribution >= 4 is 22.1 Å². The first-order valence-electron chi connectivity index (χ1n) is 7.49. The monoisotopic (exact) mass is 337 g/mol. The number of ether oxygens (including phenoxy) is 1. The zero-order valence-corrected chi connectivity index (χ0v) is 15.2. The van der Waals surface area contributed by atoms with Gasteiger partial charge in [-0.1, -0.05) is 32.0 Å². The van der Waals surface area contributed by atoms with Crippen LogP contribution in [-0.2, 0) is 22.3 Å². The lowest BCUT2D eigenvalue weighted by Gasteiger charge is -2.13. The zero-order valence-electron chi connectivity index (χ0n) is 13.5. The fourth-order valence-corrected chi connectivity index (χ4v) is 4.14. The van der Waals surface area contributed by atoms with E-state index < -0.39 is 10.8 Å². The van der Waals surface area contributed by atoms with Gasteiger partial charge in [-0.15, -0.1) is 11.3 Å². The Kier molecular flexibility index (Phi) is 6.15. The summed E-state index contributed by atoms with van der Waals surface area (Å²) in [6.07, 6.45) is 0.113. The minimum Gasteiger partial charge on any atom is -0.491 e. The predicted molar refractivity (Wildman–Crippen MR) is 94.0 cm³/mol. The van der Waals surface area contributed by atoms with Crippen molar-refractivity contribution < 1.29 is 8.95 Å². The quantitative estimate of drug-likeness (QED) is 0.746. The van der Waals surface area contributed by atoms with Crippen LogP contribution >= 0.6 is 11.3 Å². The van der Waals surface area contributed by atoms with Gasteiger partial charge in [-0.2, -0.15) is 0 Å². The maximum atomic E-state index is 12.4. The van der Waals surface area contributed by atoms with Crippen molar-refractivity contribution in [3.8, 4) is 5.75 Å². The molecule has 22 heavy (non-hydrogen) atoms. The summed E-state index contributed by atoms with van der Waals surface area (Å²) in [5.74, 6) is 2.25. The Bertz CT molecular complexity index is 635. The smallest absolute Gasteiger partial charge is 0.123 e. The van der Waals surface area contributed by atoms with E-state index >= 15 is 0 Å². The summed E-state index contributed by atoms with van der Waals surface area (Å²) < 4.78 is 18.2. The van der Waals surface area contributed by atoms with Crippen molar-refractivity contribution in [1.82, 2.24) is 4.98 Å². The van der Waals surface area contributed by atoms with Gasteiger partial charge in [-0.25, -0.2) is 4.98 Å². The van der Waals surface area contributed by atoms with Gasteiger partial charge in [0.15, 0.2) is 0 Å². The van der Waals surface area contributed by atoms with E-state index in [4.69, 9.17) is 4.74 Å². The first kappa shape index (κ1) is 17.2. The van der Waals surface area contributed by atoms with E-state index in [0.717, 1.165) is 22.0 Å². The van der Waals surface area contributed by atoms with Gasteiger partial charge in [0.05, 0.1) is 28.3 Å². The summed E-state index contributed by atoms with van der Waals surface area (Å²) in [4.78, 5) is 4.56. The molecule has 2 rings (SSSR count). The lowest BCUT2D eigenvalue weighted by atomic mass is 10.2. The molecule has 0 aliphatic carbocycles. The van der Waals surface area contributed by atoms with Gasteiger partial charge in [-0.3, -0.25) is 4.21 Å². The van der Waals surface area contributed by atoms with Crippen LogP contribution < -0.4 is 4.74 Å². The number of nitrogens with zero attached hydrogens (tertiary/aromatic N) is 1. The molecular weight excluding hydrogens is 314 g/mol. The molecule has 0 saturated carbocycles. The average Bonchev–Trinajstić information content (AvgIpc) is 2.89. The molecule has 1 heterocycles. The van der Waals surface area contributed by atoms with E-state index in [1.54, 1.807) is 11.3 Å². The van der Waals surface area contributed by atoms with E-state index in [0.29, 0.717) is 17.4 Å². The largest absolute Gasteiger partial charge is 0.491 e. The Labute approximate surface area is 139 Å². The number of hydrogen-bond acceptors (Lipinski definition) is 4. The zero-order chi connectivity index (χ0) is 16.1. The van der Waals surface area contributed by atoms with Gasteiger partial charge in [-0.05, 0) is 19.9 Å². The van der Waals surface area contributed by atoms with Crippen molar-refractivity contribution in [3.63, 3.8) is 0 Å². The standard InChI is InChI=1S/C17H23NO2S2/c1-12(2)17-18-15(9-21-17)11-22(19)10-14-7-5-6-8-16(14)20-13(3)4/h5-9,12-13H,10-11H2,1-4H3/t22-/m1/s1. The van der Waals surface area contributed by atoms with Crippen LogP contribution in [0.3, 0.4) is 0 Å². The molecule has 0 N–H and O–H groups in total. The molecule has 0 spiro atoms. The topological polar surface area (TPSA) is 39.2 Å².